The molecule has 4 nitrogen and oxygen atoms in total. The first-order valence-electron chi connectivity index (χ1n) is 6.06. The molecule has 0 spiro atoms. The van der Waals surface area contributed by atoms with Crippen LogP contribution in [0.1, 0.15) is 13.3 Å². The van der Waals surface area contributed by atoms with Crippen LogP contribution in [0.4, 0.5) is 5.69 Å². The van der Waals surface area contributed by atoms with Crippen molar-refractivity contribution in [3.63, 3.8) is 0 Å². The molecule has 0 radical (unpaired) electrons. The van der Waals surface area contributed by atoms with Crippen molar-refractivity contribution in [1.82, 2.24) is 5.32 Å². The molecule has 0 aliphatic carbocycles. The van der Waals surface area contributed by atoms with E-state index in [0.29, 0.717) is 0 Å². The molecule has 2 unspecified atom stereocenters. The first kappa shape index (κ1) is 13.5. The second-order valence-corrected chi connectivity index (χ2v) is 5.43. The van der Waals surface area contributed by atoms with E-state index in [1.54, 1.807) is 4.90 Å². The van der Waals surface area contributed by atoms with E-state index >= 15 is 0 Å². The van der Waals surface area contributed by atoms with Crippen LogP contribution in [0.25, 0.3) is 0 Å². The number of nitrogens with zero attached hydrogens (tertiary/aromatic N) is 1. The Kier molecular flexibility index (Phi) is 4.37. The van der Waals surface area contributed by atoms with Gasteiger partial charge in [-0.3, -0.25) is 4.79 Å². The third-order valence-corrected chi connectivity index (χ3v) is 3.69. The van der Waals surface area contributed by atoms with Crippen LogP contribution in [0.5, 0.6) is 0 Å². The van der Waals surface area contributed by atoms with Crippen LogP contribution in [-0.4, -0.2) is 36.2 Å². The van der Waals surface area contributed by atoms with Crippen molar-refractivity contribution in [2.75, 3.05) is 18.1 Å². The second kappa shape index (κ2) is 5.82. The number of carbonyl (C=O) groups is 1. The van der Waals surface area contributed by atoms with E-state index in [2.05, 4.69) is 21.2 Å². The number of halogens is 1. The third-order valence-electron chi connectivity index (χ3n) is 3.20. The third kappa shape index (κ3) is 2.74. The second-order valence-electron chi connectivity index (χ2n) is 4.52. The van der Waals surface area contributed by atoms with E-state index in [1.165, 1.54) is 0 Å². The SMILES string of the molecule is CC1CCNC(CO)C(=O)N1c1cccc(Br)c1. The molecule has 1 heterocycles. The van der Waals surface area contributed by atoms with E-state index in [4.69, 9.17) is 0 Å². The summed E-state index contributed by atoms with van der Waals surface area (Å²) in [5, 5.41) is 12.3. The molecule has 98 valence electrons. The van der Waals surface area contributed by atoms with Crippen molar-refractivity contribution < 1.29 is 9.90 Å². The molecule has 1 amide bonds. The summed E-state index contributed by atoms with van der Waals surface area (Å²) >= 11 is 3.42. The number of carbonyl (C=O) groups excluding carboxylic acids is 1. The van der Waals surface area contributed by atoms with Gasteiger partial charge in [0.1, 0.15) is 6.04 Å². The molecule has 0 saturated carbocycles. The number of rotatable bonds is 2. The van der Waals surface area contributed by atoms with E-state index in [9.17, 15) is 9.90 Å². The van der Waals surface area contributed by atoms with Crippen LogP contribution in [0, 0.1) is 0 Å². The quantitative estimate of drug-likeness (QED) is 0.870. The van der Waals surface area contributed by atoms with Crippen LogP contribution in [-0.2, 0) is 4.79 Å². The zero-order chi connectivity index (χ0) is 13.1. The lowest BCUT2D eigenvalue weighted by molar-refractivity contribution is -0.121. The van der Waals surface area contributed by atoms with Crippen molar-refractivity contribution in [3.8, 4) is 0 Å². The number of nitrogens with one attached hydrogen (secondary N) is 1. The van der Waals surface area contributed by atoms with Crippen LogP contribution in [0.3, 0.4) is 0 Å². The Morgan fingerprint density at radius 1 is 1.56 bits per heavy atom. The minimum absolute atomic E-state index is 0.0689. The molecule has 1 aromatic carbocycles. The van der Waals surface area contributed by atoms with Gasteiger partial charge in [0.05, 0.1) is 6.61 Å². The summed E-state index contributed by atoms with van der Waals surface area (Å²) in [4.78, 5) is 14.2. The largest absolute Gasteiger partial charge is 0.394 e. The van der Waals surface area contributed by atoms with Gasteiger partial charge < -0.3 is 15.3 Å². The molecule has 5 heteroatoms. The van der Waals surface area contributed by atoms with Gasteiger partial charge in [-0.15, -0.1) is 0 Å². The number of hydrogen-bond acceptors (Lipinski definition) is 3. The topological polar surface area (TPSA) is 52.6 Å². The van der Waals surface area contributed by atoms with Gasteiger partial charge in [0, 0.05) is 16.2 Å². The molecule has 18 heavy (non-hydrogen) atoms. The molecule has 1 aliphatic rings. The lowest BCUT2D eigenvalue weighted by Crippen LogP contribution is -2.47. The molecule has 1 fully saturated rings. The highest BCUT2D eigenvalue weighted by molar-refractivity contribution is 9.10. The Labute approximate surface area is 115 Å². The number of anilines is 1. The smallest absolute Gasteiger partial charge is 0.246 e. The molecule has 0 bridgehead atoms. The number of benzene rings is 1. The maximum Gasteiger partial charge on any atom is 0.246 e. The standard InChI is InChI=1S/C13H17BrN2O2/c1-9-5-6-15-12(8-17)13(18)16(9)11-4-2-3-10(14)7-11/h2-4,7,9,12,15,17H,5-6,8H2,1H3. The first-order valence-corrected chi connectivity index (χ1v) is 6.85. The van der Waals surface area contributed by atoms with Crippen molar-refractivity contribution in [2.24, 2.45) is 0 Å². The van der Waals surface area contributed by atoms with E-state index in [-0.39, 0.29) is 18.6 Å². The van der Waals surface area contributed by atoms with Gasteiger partial charge in [0.15, 0.2) is 0 Å². The lowest BCUT2D eigenvalue weighted by Gasteiger charge is -2.29. The number of hydrogen-bond donors (Lipinski definition) is 2. The lowest BCUT2D eigenvalue weighted by atomic mass is 10.1. The maximum absolute atomic E-state index is 12.4. The Morgan fingerprint density at radius 3 is 3.00 bits per heavy atom. The molecule has 1 aliphatic heterocycles. The molecule has 2 N–H and O–H groups in total. The monoisotopic (exact) mass is 312 g/mol. The number of amides is 1. The average Bonchev–Trinajstić information content (AvgIpc) is 2.48. The zero-order valence-electron chi connectivity index (χ0n) is 10.3. The van der Waals surface area contributed by atoms with Gasteiger partial charge in [-0.25, -0.2) is 0 Å². The van der Waals surface area contributed by atoms with Gasteiger partial charge in [0.25, 0.3) is 0 Å². The highest BCUT2D eigenvalue weighted by Gasteiger charge is 2.31. The fraction of sp³-hybridized carbons (Fsp3) is 0.462. The average molecular weight is 313 g/mol. The summed E-state index contributed by atoms with van der Waals surface area (Å²) in [6.45, 7) is 2.60. The highest BCUT2D eigenvalue weighted by Crippen LogP contribution is 2.24. The van der Waals surface area contributed by atoms with Crippen molar-refractivity contribution >= 4 is 27.5 Å². The Bertz CT molecular complexity index is 439. The van der Waals surface area contributed by atoms with E-state index in [0.717, 1.165) is 23.1 Å². The number of aliphatic hydroxyl groups is 1. The molecular formula is C13H17BrN2O2. The van der Waals surface area contributed by atoms with E-state index < -0.39 is 6.04 Å². The summed E-state index contributed by atoms with van der Waals surface area (Å²) in [5.74, 6) is -0.0689. The molecule has 2 rings (SSSR count). The molecule has 0 aromatic heterocycles. The van der Waals surface area contributed by atoms with Crippen molar-refractivity contribution in [1.29, 1.82) is 0 Å². The van der Waals surface area contributed by atoms with Gasteiger partial charge >= 0.3 is 0 Å². The normalized spacial score (nSPS) is 25.1. The minimum Gasteiger partial charge on any atom is -0.394 e. The fourth-order valence-electron chi connectivity index (χ4n) is 2.22. The van der Waals surface area contributed by atoms with Crippen LogP contribution in [0.2, 0.25) is 0 Å². The van der Waals surface area contributed by atoms with Gasteiger partial charge in [-0.2, -0.15) is 0 Å². The minimum atomic E-state index is -0.506. The molecule has 1 saturated heterocycles. The summed E-state index contributed by atoms with van der Waals surface area (Å²) in [5.41, 5.74) is 0.865. The van der Waals surface area contributed by atoms with Crippen LogP contribution in [0.15, 0.2) is 28.7 Å². The highest BCUT2D eigenvalue weighted by atomic mass is 79.9. The molecule has 1 aromatic rings. The summed E-state index contributed by atoms with van der Waals surface area (Å²) in [6, 6.07) is 7.29. The van der Waals surface area contributed by atoms with Gasteiger partial charge in [0.2, 0.25) is 5.91 Å². The Morgan fingerprint density at radius 2 is 2.33 bits per heavy atom. The summed E-state index contributed by atoms with van der Waals surface area (Å²) < 4.78 is 0.942. The van der Waals surface area contributed by atoms with Crippen molar-refractivity contribution in [3.05, 3.63) is 28.7 Å². The molecular weight excluding hydrogens is 296 g/mol. The number of aliphatic hydroxyl groups excluding tert-OH is 1. The maximum atomic E-state index is 12.4. The van der Waals surface area contributed by atoms with Gasteiger partial charge in [-0.05, 0) is 38.1 Å². The fourth-order valence-corrected chi connectivity index (χ4v) is 2.61. The first-order chi connectivity index (χ1) is 8.63. The summed E-state index contributed by atoms with van der Waals surface area (Å²) in [6.07, 6.45) is 0.870. The predicted molar refractivity (Wildman–Crippen MR) is 74.6 cm³/mol. The van der Waals surface area contributed by atoms with Gasteiger partial charge in [-0.1, -0.05) is 22.0 Å². The van der Waals surface area contributed by atoms with Crippen LogP contribution < -0.4 is 10.2 Å². The van der Waals surface area contributed by atoms with E-state index in [1.807, 2.05) is 31.2 Å². The summed E-state index contributed by atoms with van der Waals surface area (Å²) in [7, 11) is 0. The molecule has 2 atom stereocenters. The predicted octanol–water partition coefficient (Wildman–Crippen LogP) is 1.52. The Balaban J connectivity index is 2.34. The Hall–Kier alpha value is -0.910. The van der Waals surface area contributed by atoms with Crippen molar-refractivity contribution in [2.45, 2.75) is 25.4 Å². The zero-order valence-corrected chi connectivity index (χ0v) is 11.9. The van der Waals surface area contributed by atoms with Crippen LogP contribution >= 0.6 is 15.9 Å².